The molecule has 0 bridgehead atoms. The van der Waals surface area contributed by atoms with Gasteiger partial charge in [-0.25, -0.2) is 0 Å². The number of para-hydroxylation sites is 2. The van der Waals surface area contributed by atoms with Crippen molar-refractivity contribution in [3.05, 3.63) is 29.8 Å². The van der Waals surface area contributed by atoms with E-state index < -0.39 is 0 Å². The minimum Gasteiger partial charge on any atom is -0.397 e. The average Bonchev–Trinajstić information content (AvgIpc) is 2.03. The molecule has 0 unspecified atom stereocenters. The number of benzene rings is 1. The van der Waals surface area contributed by atoms with Gasteiger partial charge in [0, 0.05) is 0 Å². The fraction of sp³-hybridized carbons (Fsp3) is 0. The fourth-order valence-corrected chi connectivity index (χ4v) is 0.668. The normalized spacial score (nSPS) is 8.36. The lowest BCUT2D eigenvalue weighted by molar-refractivity contribution is -0.0150. The number of anilines is 1. The Labute approximate surface area is 63.8 Å². The van der Waals surface area contributed by atoms with E-state index in [-0.39, 0.29) is 0 Å². The Morgan fingerprint density at radius 2 is 2.18 bits per heavy atom. The summed E-state index contributed by atoms with van der Waals surface area (Å²) in [5, 5.41) is 0. The Kier molecular flexibility index (Phi) is 2.25. The number of nitrogens with two attached hydrogens (primary N) is 1. The van der Waals surface area contributed by atoms with Crippen LogP contribution in [0.15, 0.2) is 24.3 Å². The highest BCUT2D eigenvalue weighted by Gasteiger charge is 1.96. The number of hydrogen-bond acceptors (Lipinski definition) is 2. The van der Waals surface area contributed by atoms with Crippen molar-refractivity contribution in [2.24, 2.45) is 0 Å². The third-order valence-electron chi connectivity index (χ3n) is 1.15. The molecule has 0 atom stereocenters. The van der Waals surface area contributed by atoms with Crippen LogP contribution in [0.2, 0.25) is 0 Å². The van der Waals surface area contributed by atoms with Crippen molar-refractivity contribution in [3.63, 3.8) is 0 Å². The number of nitrogens with zero attached hydrogens (tertiary/aromatic N) is 2. The highest BCUT2D eigenvalue weighted by atomic mass is 16.5. The maximum atomic E-state index is 8.02. The summed E-state index contributed by atoms with van der Waals surface area (Å²) in [6, 6.07) is 6.94. The van der Waals surface area contributed by atoms with E-state index in [0.717, 1.165) is 6.40 Å². The van der Waals surface area contributed by atoms with Gasteiger partial charge in [-0.3, -0.25) is 0 Å². The Balaban J connectivity index is 2.85. The van der Waals surface area contributed by atoms with Crippen LogP contribution in [-0.2, 0) is 0 Å². The van der Waals surface area contributed by atoms with Crippen LogP contribution in [0.5, 0.6) is 5.75 Å². The SMILES string of the molecule is [N-]=[N+]=COc1ccccc1N. The molecular formula is C7H7N3O. The zero-order valence-electron chi connectivity index (χ0n) is 5.77. The second-order valence-corrected chi connectivity index (χ2v) is 1.88. The molecule has 11 heavy (non-hydrogen) atoms. The molecule has 2 N–H and O–H groups in total. The minimum absolute atomic E-state index is 0.477. The van der Waals surface area contributed by atoms with Crippen LogP contribution in [0, 0.1) is 0 Å². The molecule has 56 valence electrons. The lowest BCUT2D eigenvalue weighted by Gasteiger charge is -1.97. The summed E-state index contributed by atoms with van der Waals surface area (Å²) in [6.45, 7) is 0. The Bertz CT molecular complexity index is 291. The van der Waals surface area contributed by atoms with E-state index in [1.807, 2.05) is 0 Å². The molecule has 0 aliphatic carbocycles. The third-order valence-corrected chi connectivity index (χ3v) is 1.15. The van der Waals surface area contributed by atoms with Gasteiger partial charge in [-0.1, -0.05) is 12.1 Å². The van der Waals surface area contributed by atoms with Crippen LogP contribution in [0.3, 0.4) is 0 Å². The van der Waals surface area contributed by atoms with Crippen molar-refractivity contribution >= 4 is 12.1 Å². The van der Waals surface area contributed by atoms with Gasteiger partial charge in [-0.15, -0.1) is 4.79 Å². The molecule has 0 spiro atoms. The van der Waals surface area contributed by atoms with E-state index >= 15 is 0 Å². The summed E-state index contributed by atoms with van der Waals surface area (Å²) < 4.78 is 4.82. The number of ether oxygens (including phenoxy) is 1. The molecule has 0 heterocycles. The van der Waals surface area contributed by atoms with Gasteiger partial charge >= 0.3 is 6.40 Å². The zero-order valence-corrected chi connectivity index (χ0v) is 5.77. The molecule has 0 saturated carbocycles. The van der Waals surface area contributed by atoms with E-state index in [9.17, 15) is 0 Å². The maximum Gasteiger partial charge on any atom is 0.443 e. The van der Waals surface area contributed by atoms with Gasteiger partial charge in [0.1, 0.15) is 0 Å². The zero-order chi connectivity index (χ0) is 8.10. The fourth-order valence-electron chi connectivity index (χ4n) is 0.668. The van der Waals surface area contributed by atoms with Crippen LogP contribution in [0.25, 0.3) is 5.53 Å². The highest BCUT2D eigenvalue weighted by molar-refractivity contribution is 5.57. The van der Waals surface area contributed by atoms with E-state index in [1.54, 1.807) is 24.3 Å². The van der Waals surface area contributed by atoms with Gasteiger partial charge in [0.25, 0.3) is 0 Å². The van der Waals surface area contributed by atoms with E-state index in [1.165, 1.54) is 0 Å². The molecule has 0 aromatic heterocycles. The first kappa shape index (κ1) is 7.31. The molecule has 1 aromatic carbocycles. The molecule has 1 aromatic rings. The standard InChI is InChI=1S/C7H7N3O/c8-6-3-1-2-4-7(6)11-5-10-9/h1-5H,8H2. The molecule has 4 heteroatoms. The molecule has 0 radical (unpaired) electrons. The largest absolute Gasteiger partial charge is 0.443 e. The molecule has 1 rings (SSSR count). The summed E-state index contributed by atoms with van der Waals surface area (Å²) >= 11 is 0. The molecule has 0 saturated heterocycles. The first-order chi connectivity index (χ1) is 5.34. The molecule has 0 aliphatic heterocycles. The summed E-state index contributed by atoms with van der Waals surface area (Å²) in [6.07, 6.45) is 0.908. The number of hydrogen-bond donors (Lipinski definition) is 1. The summed E-state index contributed by atoms with van der Waals surface area (Å²) in [5.41, 5.74) is 14.0. The molecular weight excluding hydrogens is 142 g/mol. The van der Waals surface area contributed by atoms with Crippen molar-refractivity contribution in [1.29, 1.82) is 0 Å². The van der Waals surface area contributed by atoms with Crippen LogP contribution in [0.4, 0.5) is 5.69 Å². The van der Waals surface area contributed by atoms with Gasteiger partial charge in [-0.2, -0.15) is 0 Å². The Morgan fingerprint density at radius 1 is 1.45 bits per heavy atom. The summed E-state index contributed by atoms with van der Waals surface area (Å²) in [7, 11) is 0. The van der Waals surface area contributed by atoms with Crippen LogP contribution in [0.1, 0.15) is 0 Å². The van der Waals surface area contributed by atoms with Crippen molar-refractivity contribution in [2.45, 2.75) is 0 Å². The second-order valence-electron chi connectivity index (χ2n) is 1.88. The first-order valence-corrected chi connectivity index (χ1v) is 3.01. The van der Waals surface area contributed by atoms with Crippen molar-refractivity contribution in [3.8, 4) is 5.75 Å². The number of rotatable bonds is 2. The van der Waals surface area contributed by atoms with Crippen molar-refractivity contribution in [1.82, 2.24) is 0 Å². The average molecular weight is 149 g/mol. The van der Waals surface area contributed by atoms with Gasteiger partial charge in [0.05, 0.1) is 5.69 Å². The van der Waals surface area contributed by atoms with Gasteiger partial charge < -0.3 is 16.0 Å². The topological polar surface area (TPSA) is 71.7 Å². The monoisotopic (exact) mass is 149 g/mol. The lowest BCUT2D eigenvalue weighted by atomic mass is 10.3. The predicted molar refractivity (Wildman–Crippen MR) is 41.2 cm³/mol. The Morgan fingerprint density at radius 3 is 2.82 bits per heavy atom. The summed E-state index contributed by atoms with van der Waals surface area (Å²) in [5.74, 6) is 0.477. The van der Waals surface area contributed by atoms with Gasteiger partial charge in [0.15, 0.2) is 5.75 Å². The molecule has 4 nitrogen and oxygen atoms in total. The number of nitrogen functional groups attached to an aromatic ring is 1. The van der Waals surface area contributed by atoms with E-state index in [0.29, 0.717) is 11.4 Å². The smallest absolute Gasteiger partial charge is 0.397 e. The molecule has 0 fully saturated rings. The highest BCUT2D eigenvalue weighted by Crippen LogP contribution is 2.18. The first-order valence-electron chi connectivity index (χ1n) is 3.01. The minimum atomic E-state index is 0.477. The van der Waals surface area contributed by atoms with Crippen molar-refractivity contribution < 1.29 is 9.53 Å². The maximum absolute atomic E-state index is 8.02. The van der Waals surface area contributed by atoms with Crippen molar-refractivity contribution in [2.75, 3.05) is 5.73 Å². The second kappa shape index (κ2) is 3.39. The van der Waals surface area contributed by atoms with Gasteiger partial charge in [0.2, 0.25) is 0 Å². The lowest BCUT2D eigenvalue weighted by Crippen LogP contribution is -1.94. The van der Waals surface area contributed by atoms with Crippen LogP contribution in [-0.4, -0.2) is 11.2 Å². The summed E-state index contributed by atoms with van der Waals surface area (Å²) in [4.78, 5) is 2.67. The predicted octanol–water partition coefficient (Wildman–Crippen LogP) is 0.906. The molecule has 0 amide bonds. The van der Waals surface area contributed by atoms with E-state index in [4.69, 9.17) is 16.0 Å². The van der Waals surface area contributed by atoms with Gasteiger partial charge in [-0.05, 0) is 12.1 Å². The molecule has 0 aliphatic rings. The quantitative estimate of drug-likeness (QED) is 0.223. The van der Waals surface area contributed by atoms with Crippen LogP contribution >= 0.6 is 0 Å². The van der Waals surface area contributed by atoms with E-state index in [2.05, 4.69) is 4.79 Å². The van der Waals surface area contributed by atoms with Crippen LogP contribution < -0.4 is 10.5 Å². The third kappa shape index (κ3) is 1.81. The Hall–Kier alpha value is -1.80.